The van der Waals surface area contributed by atoms with E-state index < -0.39 is 0 Å². The first-order valence-corrected chi connectivity index (χ1v) is 6.90. The second-order valence-corrected chi connectivity index (χ2v) is 4.88. The molecule has 0 saturated heterocycles. The number of benzene rings is 2. The number of allylic oxidation sites excluding steroid dienone is 1. The molecule has 104 valence electrons. The van der Waals surface area contributed by atoms with E-state index in [9.17, 15) is 0 Å². The van der Waals surface area contributed by atoms with Gasteiger partial charge in [-0.15, -0.1) is 0 Å². The zero-order valence-electron chi connectivity index (χ0n) is 11.6. The lowest BCUT2D eigenvalue weighted by atomic mass is 9.72. The van der Waals surface area contributed by atoms with Gasteiger partial charge >= 0.3 is 0 Å². The molecule has 0 fully saturated rings. The van der Waals surface area contributed by atoms with Gasteiger partial charge in [0.1, 0.15) is 0 Å². The molecule has 0 bridgehead atoms. The molecule has 2 aromatic carbocycles. The highest BCUT2D eigenvalue weighted by Crippen LogP contribution is 2.35. The molecule has 2 heteroatoms. The number of rotatable bonds is 6. The summed E-state index contributed by atoms with van der Waals surface area (Å²) in [5.41, 5.74) is 8.33. The van der Waals surface area contributed by atoms with Gasteiger partial charge in [-0.25, -0.2) is 0 Å². The minimum absolute atomic E-state index is 0.0598. The summed E-state index contributed by atoms with van der Waals surface area (Å²) in [4.78, 5) is 0. The summed E-state index contributed by atoms with van der Waals surface area (Å²) in [5.74, 6) is 0. The predicted molar refractivity (Wildman–Crippen MR) is 83.6 cm³/mol. The molecule has 0 unspecified atom stereocenters. The van der Waals surface area contributed by atoms with Gasteiger partial charge in [-0.1, -0.05) is 72.8 Å². The maximum Gasteiger partial charge on any atom is 0.0612 e. The third-order valence-corrected chi connectivity index (χ3v) is 3.74. The van der Waals surface area contributed by atoms with Crippen molar-refractivity contribution >= 4 is 0 Å². The summed E-state index contributed by atoms with van der Waals surface area (Å²) in [5, 5.41) is 8.96. The third-order valence-electron chi connectivity index (χ3n) is 3.74. The molecule has 2 rings (SSSR count). The molecule has 0 aliphatic rings. The first-order chi connectivity index (χ1) is 9.83. The maximum absolute atomic E-state index is 8.96. The summed E-state index contributed by atoms with van der Waals surface area (Å²) >= 11 is 0. The highest BCUT2D eigenvalue weighted by Gasteiger charge is 2.31. The van der Waals surface area contributed by atoms with E-state index in [1.165, 1.54) is 11.1 Å². The molecule has 3 N–H and O–H groups in total. The van der Waals surface area contributed by atoms with Gasteiger partial charge in [0, 0.05) is 12.0 Å². The normalized spacial score (nSPS) is 11.9. The van der Waals surface area contributed by atoms with Crippen LogP contribution in [0.15, 0.2) is 72.8 Å². The van der Waals surface area contributed by atoms with Gasteiger partial charge in [-0.3, -0.25) is 0 Å². The van der Waals surface area contributed by atoms with Crippen LogP contribution >= 0.6 is 0 Å². The maximum atomic E-state index is 8.96. The Bertz CT molecular complexity index is 494. The highest BCUT2D eigenvalue weighted by atomic mass is 16.2. The largest absolute Gasteiger partial charge is 0.392 e. The average molecular weight is 267 g/mol. The van der Waals surface area contributed by atoms with Gasteiger partial charge in [0.2, 0.25) is 0 Å². The molecule has 0 atom stereocenters. The van der Waals surface area contributed by atoms with Crippen LogP contribution in [0.4, 0.5) is 0 Å². The zero-order valence-corrected chi connectivity index (χ0v) is 11.6. The second-order valence-electron chi connectivity index (χ2n) is 4.88. The number of aliphatic hydroxyl groups excluding tert-OH is 1. The van der Waals surface area contributed by atoms with Gasteiger partial charge in [0.15, 0.2) is 0 Å². The van der Waals surface area contributed by atoms with Crippen LogP contribution in [0.2, 0.25) is 0 Å². The second kappa shape index (κ2) is 7.04. The van der Waals surface area contributed by atoms with Crippen LogP contribution in [-0.4, -0.2) is 18.3 Å². The van der Waals surface area contributed by atoms with Crippen molar-refractivity contribution in [1.82, 2.24) is 0 Å². The molecule has 0 saturated carbocycles. The quantitative estimate of drug-likeness (QED) is 0.791. The first-order valence-electron chi connectivity index (χ1n) is 6.90. The van der Waals surface area contributed by atoms with Crippen LogP contribution in [-0.2, 0) is 5.41 Å². The highest BCUT2D eigenvalue weighted by molar-refractivity contribution is 5.40. The Morgan fingerprint density at radius 3 is 1.75 bits per heavy atom. The summed E-state index contributed by atoms with van der Waals surface area (Å²) < 4.78 is 0. The van der Waals surface area contributed by atoms with E-state index in [1.54, 1.807) is 6.08 Å². The zero-order chi connectivity index (χ0) is 14.3. The molecule has 0 aromatic heterocycles. The van der Waals surface area contributed by atoms with Crippen LogP contribution in [0.3, 0.4) is 0 Å². The molecular formula is C18H21NO. The van der Waals surface area contributed by atoms with E-state index in [4.69, 9.17) is 10.8 Å². The topological polar surface area (TPSA) is 46.2 Å². The Balaban J connectivity index is 2.49. The molecule has 20 heavy (non-hydrogen) atoms. The van der Waals surface area contributed by atoms with Gasteiger partial charge in [0.05, 0.1) is 6.61 Å². The smallest absolute Gasteiger partial charge is 0.0612 e. The molecule has 0 heterocycles. The SMILES string of the molecule is NCC(C/C=C/CO)(c1ccccc1)c1ccccc1. The van der Waals surface area contributed by atoms with Crippen LogP contribution in [0, 0.1) is 0 Å². The summed E-state index contributed by atoms with van der Waals surface area (Å²) in [6.07, 6.45) is 4.56. The van der Waals surface area contributed by atoms with E-state index in [0.29, 0.717) is 6.54 Å². The van der Waals surface area contributed by atoms with Crippen LogP contribution < -0.4 is 5.73 Å². The lowest BCUT2D eigenvalue weighted by Gasteiger charge is -2.33. The van der Waals surface area contributed by atoms with Gasteiger partial charge in [-0.05, 0) is 17.5 Å². The minimum atomic E-state index is -0.242. The van der Waals surface area contributed by atoms with Crippen LogP contribution in [0.1, 0.15) is 17.5 Å². The monoisotopic (exact) mass is 267 g/mol. The number of aliphatic hydroxyl groups is 1. The van der Waals surface area contributed by atoms with Crippen molar-refractivity contribution < 1.29 is 5.11 Å². The van der Waals surface area contributed by atoms with E-state index in [2.05, 4.69) is 24.3 Å². The van der Waals surface area contributed by atoms with Crippen molar-refractivity contribution in [2.45, 2.75) is 11.8 Å². The molecule has 0 amide bonds. The van der Waals surface area contributed by atoms with Crippen molar-refractivity contribution in [2.75, 3.05) is 13.2 Å². The fourth-order valence-corrected chi connectivity index (χ4v) is 2.59. The van der Waals surface area contributed by atoms with Crippen molar-refractivity contribution in [3.05, 3.63) is 83.9 Å². The van der Waals surface area contributed by atoms with Gasteiger partial charge < -0.3 is 10.8 Å². The molecule has 0 aliphatic carbocycles. The Kier molecular flexibility index (Phi) is 5.10. The lowest BCUT2D eigenvalue weighted by molar-refractivity contribution is 0.342. The fraction of sp³-hybridized carbons (Fsp3) is 0.222. The molecule has 0 aliphatic heterocycles. The van der Waals surface area contributed by atoms with Crippen molar-refractivity contribution in [1.29, 1.82) is 0 Å². The van der Waals surface area contributed by atoms with Crippen LogP contribution in [0.5, 0.6) is 0 Å². The summed E-state index contributed by atoms with van der Waals surface area (Å²) in [6.45, 7) is 0.584. The van der Waals surface area contributed by atoms with Crippen molar-refractivity contribution in [3.63, 3.8) is 0 Å². The van der Waals surface area contributed by atoms with E-state index >= 15 is 0 Å². The summed E-state index contributed by atoms with van der Waals surface area (Å²) in [6, 6.07) is 20.7. The van der Waals surface area contributed by atoms with Gasteiger partial charge in [0.25, 0.3) is 0 Å². The Hall–Kier alpha value is -1.90. The molecule has 0 radical (unpaired) electrons. The van der Waals surface area contributed by atoms with E-state index in [1.807, 2.05) is 42.5 Å². The molecular weight excluding hydrogens is 246 g/mol. The van der Waals surface area contributed by atoms with Crippen molar-refractivity contribution in [2.24, 2.45) is 5.73 Å². The lowest BCUT2D eigenvalue weighted by Crippen LogP contribution is -2.36. The third kappa shape index (κ3) is 2.98. The van der Waals surface area contributed by atoms with Gasteiger partial charge in [-0.2, -0.15) is 0 Å². The fourth-order valence-electron chi connectivity index (χ4n) is 2.59. The number of hydrogen-bond donors (Lipinski definition) is 2. The average Bonchev–Trinajstić information content (AvgIpc) is 2.54. The number of hydrogen-bond acceptors (Lipinski definition) is 2. The number of nitrogens with two attached hydrogens (primary N) is 1. The Morgan fingerprint density at radius 2 is 1.35 bits per heavy atom. The van der Waals surface area contributed by atoms with E-state index in [0.717, 1.165) is 6.42 Å². The Labute approximate surface area is 120 Å². The van der Waals surface area contributed by atoms with Crippen molar-refractivity contribution in [3.8, 4) is 0 Å². The molecule has 2 aromatic rings. The van der Waals surface area contributed by atoms with E-state index in [-0.39, 0.29) is 12.0 Å². The standard InChI is InChI=1S/C18H21NO/c19-15-18(13-7-8-14-20,16-9-3-1-4-10-16)17-11-5-2-6-12-17/h1-12,20H,13-15,19H2/b8-7+. The molecule has 0 spiro atoms. The first kappa shape index (κ1) is 14.5. The minimum Gasteiger partial charge on any atom is -0.392 e. The molecule has 2 nitrogen and oxygen atoms in total. The summed E-state index contributed by atoms with van der Waals surface area (Å²) in [7, 11) is 0. The predicted octanol–water partition coefficient (Wildman–Crippen LogP) is 2.87. The Morgan fingerprint density at radius 1 is 0.850 bits per heavy atom. The van der Waals surface area contributed by atoms with Crippen LogP contribution in [0.25, 0.3) is 0 Å².